The number of carbonyl (C=O) groups is 1. The van der Waals surface area contributed by atoms with Gasteiger partial charge in [0, 0.05) is 5.69 Å². The van der Waals surface area contributed by atoms with Gasteiger partial charge in [-0.3, -0.25) is 4.79 Å². The fraction of sp³-hybridized carbons (Fsp3) is 0.133. The molecule has 0 atom stereocenters. The number of nitrogens with one attached hydrogen (secondary N) is 1. The molecule has 2 aromatic carbocycles. The predicted octanol–water partition coefficient (Wildman–Crippen LogP) is 3.36. The topological polar surface area (TPSA) is 64.3 Å². The van der Waals surface area contributed by atoms with Crippen LogP contribution in [-0.4, -0.2) is 12.5 Å². The Morgan fingerprint density at radius 2 is 2.05 bits per heavy atom. The molecule has 0 fully saturated rings. The summed E-state index contributed by atoms with van der Waals surface area (Å²) in [5.74, 6) is 0.248. The van der Waals surface area contributed by atoms with Crippen LogP contribution in [0.15, 0.2) is 46.9 Å². The SMILES string of the molecule is Cc1cccc(NC(=O)COc2c(N)cccc2Br)c1. The van der Waals surface area contributed by atoms with E-state index in [1.807, 2.05) is 37.3 Å². The van der Waals surface area contributed by atoms with E-state index < -0.39 is 0 Å². The fourth-order valence-corrected chi connectivity index (χ4v) is 2.23. The monoisotopic (exact) mass is 334 g/mol. The number of rotatable bonds is 4. The Morgan fingerprint density at radius 1 is 1.30 bits per heavy atom. The molecule has 104 valence electrons. The van der Waals surface area contributed by atoms with E-state index in [0.29, 0.717) is 11.4 Å². The quantitative estimate of drug-likeness (QED) is 0.842. The number of hydrogen-bond acceptors (Lipinski definition) is 3. The number of aryl methyl sites for hydroxylation is 1. The second-order valence-corrected chi connectivity index (χ2v) is 5.22. The van der Waals surface area contributed by atoms with Gasteiger partial charge in [0.1, 0.15) is 0 Å². The van der Waals surface area contributed by atoms with Gasteiger partial charge in [0.2, 0.25) is 0 Å². The normalized spacial score (nSPS) is 10.1. The van der Waals surface area contributed by atoms with Crippen molar-refractivity contribution in [2.75, 3.05) is 17.7 Å². The van der Waals surface area contributed by atoms with E-state index in [0.717, 1.165) is 15.7 Å². The fourth-order valence-electron chi connectivity index (χ4n) is 1.74. The summed E-state index contributed by atoms with van der Waals surface area (Å²) in [4.78, 5) is 11.8. The molecule has 0 aliphatic heterocycles. The number of hydrogen-bond donors (Lipinski definition) is 2. The number of para-hydroxylation sites is 1. The minimum Gasteiger partial charge on any atom is -0.480 e. The van der Waals surface area contributed by atoms with Crippen LogP contribution in [0.2, 0.25) is 0 Å². The Bertz CT molecular complexity index is 609. The van der Waals surface area contributed by atoms with Gasteiger partial charge in [-0.15, -0.1) is 0 Å². The molecule has 1 amide bonds. The number of halogens is 1. The molecule has 2 aromatic rings. The lowest BCUT2D eigenvalue weighted by Crippen LogP contribution is -2.20. The molecule has 4 nitrogen and oxygen atoms in total. The third-order valence-corrected chi connectivity index (χ3v) is 3.27. The van der Waals surface area contributed by atoms with Crippen molar-refractivity contribution in [1.82, 2.24) is 0 Å². The summed E-state index contributed by atoms with van der Waals surface area (Å²) in [6.07, 6.45) is 0. The van der Waals surface area contributed by atoms with Gasteiger partial charge < -0.3 is 15.8 Å². The van der Waals surface area contributed by atoms with Crippen LogP contribution >= 0.6 is 15.9 Å². The molecule has 0 saturated heterocycles. The Morgan fingerprint density at radius 3 is 2.75 bits per heavy atom. The average Bonchev–Trinajstić information content (AvgIpc) is 2.38. The smallest absolute Gasteiger partial charge is 0.262 e. The summed E-state index contributed by atoms with van der Waals surface area (Å²) in [5.41, 5.74) is 8.11. The number of benzene rings is 2. The average molecular weight is 335 g/mol. The number of carbonyl (C=O) groups excluding carboxylic acids is 1. The molecule has 3 N–H and O–H groups in total. The van der Waals surface area contributed by atoms with E-state index in [2.05, 4.69) is 21.2 Å². The van der Waals surface area contributed by atoms with Crippen LogP contribution in [0.4, 0.5) is 11.4 Å². The van der Waals surface area contributed by atoms with E-state index in [4.69, 9.17) is 10.5 Å². The maximum atomic E-state index is 11.8. The van der Waals surface area contributed by atoms with Crippen LogP contribution < -0.4 is 15.8 Å². The van der Waals surface area contributed by atoms with Crippen molar-refractivity contribution >= 4 is 33.2 Å². The highest BCUT2D eigenvalue weighted by Gasteiger charge is 2.08. The van der Waals surface area contributed by atoms with Crippen molar-refractivity contribution < 1.29 is 9.53 Å². The third-order valence-electron chi connectivity index (χ3n) is 2.65. The first-order valence-electron chi connectivity index (χ1n) is 6.09. The number of ether oxygens (including phenoxy) is 1. The number of nitrogen functional groups attached to an aromatic ring is 1. The van der Waals surface area contributed by atoms with Crippen molar-refractivity contribution in [3.8, 4) is 5.75 Å². The Balaban J connectivity index is 1.96. The summed E-state index contributed by atoms with van der Waals surface area (Å²) in [7, 11) is 0. The predicted molar refractivity (Wildman–Crippen MR) is 83.9 cm³/mol. The van der Waals surface area contributed by atoms with E-state index in [-0.39, 0.29) is 12.5 Å². The zero-order chi connectivity index (χ0) is 14.5. The molecule has 0 aromatic heterocycles. The van der Waals surface area contributed by atoms with Crippen LogP contribution in [0.1, 0.15) is 5.56 Å². The Kier molecular flexibility index (Phi) is 4.63. The molecule has 0 aliphatic carbocycles. The van der Waals surface area contributed by atoms with Gasteiger partial charge in [-0.25, -0.2) is 0 Å². The summed E-state index contributed by atoms with van der Waals surface area (Å²) >= 11 is 3.34. The van der Waals surface area contributed by atoms with Crippen molar-refractivity contribution in [2.24, 2.45) is 0 Å². The summed E-state index contributed by atoms with van der Waals surface area (Å²) in [6, 6.07) is 12.9. The van der Waals surface area contributed by atoms with Crippen molar-refractivity contribution in [3.63, 3.8) is 0 Å². The van der Waals surface area contributed by atoms with Crippen LogP contribution in [0.3, 0.4) is 0 Å². The molecule has 2 rings (SSSR count). The molecule has 0 heterocycles. The standard InChI is InChI=1S/C15H15BrN2O2/c1-10-4-2-5-11(8-10)18-14(19)9-20-15-12(16)6-3-7-13(15)17/h2-8H,9,17H2,1H3,(H,18,19). The minimum atomic E-state index is -0.231. The zero-order valence-corrected chi connectivity index (χ0v) is 12.6. The van der Waals surface area contributed by atoms with Crippen molar-refractivity contribution in [3.05, 3.63) is 52.5 Å². The summed E-state index contributed by atoms with van der Waals surface area (Å²) in [6.45, 7) is 1.87. The highest BCUT2D eigenvalue weighted by molar-refractivity contribution is 9.10. The molecule has 0 aliphatic rings. The lowest BCUT2D eigenvalue weighted by atomic mass is 10.2. The van der Waals surface area contributed by atoms with Crippen LogP contribution in [0.25, 0.3) is 0 Å². The maximum Gasteiger partial charge on any atom is 0.262 e. The van der Waals surface area contributed by atoms with E-state index in [9.17, 15) is 4.79 Å². The van der Waals surface area contributed by atoms with Crippen molar-refractivity contribution in [1.29, 1.82) is 0 Å². The van der Waals surface area contributed by atoms with E-state index >= 15 is 0 Å². The number of nitrogens with two attached hydrogens (primary N) is 1. The van der Waals surface area contributed by atoms with Crippen molar-refractivity contribution in [2.45, 2.75) is 6.92 Å². The first-order valence-corrected chi connectivity index (χ1v) is 6.89. The van der Waals surface area contributed by atoms with Gasteiger partial charge in [0.25, 0.3) is 5.91 Å². The highest BCUT2D eigenvalue weighted by atomic mass is 79.9. The molecular formula is C15H15BrN2O2. The number of anilines is 2. The van der Waals surface area contributed by atoms with E-state index in [1.165, 1.54) is 0 Å². The minimum absolute atomic E-state index is 0.0965. The molecule has 20 heavy (non-hydrogen) atoms. The third kappa shape index (κ3) is 3.74. The van der Waals surface area contributed by atoms with Gasteiger partial charge in [0.15, 0.2) is 12.4 Å². The summed E-state index contributed by atoms with van der Waals surface area (Å²) < 4.78 is 6.17. The Hall–Kier alpha value is -2.01. The molecule has 0 radical (unpaired) electrons. The van der Waals surface area contributed by atoms with Gasteiger partial charge in [-0.05, 0) is 52.7 Å². The molecule has 0 spiro atoms. The first-order chi connectivity index (χ1) is 9.56. The van der Waals surface area contributed by atoms with Gasteiger partial charge in [-0.2, -0.15) is 0 Å². The molecule has 0 bridgehead atoms. The summed E-state index contributed by atoms with van der Waals surface area (Å²) in [5, 5.41) is 2.77. The van der Waals surface area contributed by atoms with Gasteiger partial charge in [0.05, 0.1) is 10.2 Å². The molecular weight excluding hydrogens is 320 g/mol. The lowest BCUT2D eigenvalue weighted by molar-refractivity contribution is -0.118. The number of amides is 1. The zero-order valence-electron chi connectivity index (χ0n) is 11.0. The largest absolute Gasteiger partial charge is 0.480 e. The maximum absolute atomic E-state index is 11.8. The van der Waals surface area contributed by atoms with Gasteiger partial charge in [-0.1, -0.05) is 18.2 Å². The second kappa shape index (κ2) is 6.43. The van der Waals surface area contributed by atoms with Crippen LogP contribution in [0.5, 0.6) is 5.75 Å². The first kappa shape index (κ1) is 14.4. The van der Waals surface area contributed by atoms with Crippen LogP contribution in [-0.2, 0) is 4.79 Å². The Labute approximate surface area is 126 Å². The molecule has 0 saturated carbocycles. The van der Waals surface area contributed by atoms with E-state index in [1.54, 1.807) is 12.1 Å². The van der Waals surface area contributed by atoms with Gasteiger partial charge >= 0.3 is 0 Å². The molecule has 5 heteroatoms. The van der Waals surface area contributed by atoms with Crippen LogP contribution in [0, 0.1) is 6.92 Å². The lowest BCUT2D eigenvalue weighted by Gasteiger charge is -2.11. The highest BCUT2D eigenvalue weighted by Crippen LogP contribution is 2.30. The molecule has 0 unspecified atom stereocenters. The second-order valence-electron chi connectivity index (χ2n) is 4.36.